The molecule has 0 bridgehead atoms. The summed E-state index contributed by atoms with van der Waals surface area (Å²) in [5, 5.41) is 4.31. The zero-order valence-corrected chi connectivity index (χ0v) is 33.4. The van der Waals surface area contributed by atoms with Gasteiger partial charge >= 0.3 is 0 Å². The molecule has 0 saturated heterocycles. The van der Waals surface area contributed by atoms with E-state index in [1.807, 2.05) is 85.1 Å². The van der Waals surface area contributed by atoms with E-state index in [4.69, 9.17) is 24.4 Å². The number of benzene rings is 8. The highest BCUT2D eigenvalue weighted by Gasteiger charge is 2.25. The number of nitrogens with zero attached hydrogens (tertiary/aromatic N) is 5. The number of hydrogen-bond acceptors (Lipinski definition) is 5. The van der Waals surface area contributed by atoms with E-state index in [1.54, 1.807) is 0 Å². The summed E-state index contributed by atoms with van der Waals surface area (Å²) in [6.45, 7) is 0. The molecule has 0 radical (unpaired) electrons. The molecule has 6 nitrogen and oxygen atoms in total. The number of furan rings is 1. The van der Waals surface area contributed by atoms with Crippen LogP contribution < -0.4 is 0 Å². The van der Waals surface area contributed by atoms with Gasteiger partial charge in [-0.3, -0.25) is 4.98 Å². The van der Waals surface area contributed by atoms with Gasteiger partial charge in [0.05, 0.1) is 22.1 Å². The van der Waals surface area contributed by atoms with Crippen molar-refractivity contribution in [2.45, 2.75) is 0 Å². The van der Waals surface area contributed by atoms with E-state index in [0.717, 1.165) is 94.2 Å². The highest BCUT2D eigenvalue weighted by molar-refractivity contribution is 6.27. The SMILES string of the molecule is c1ccc(-c2nc(-c3ccccc3)nc(-c3cc(-c4ccccc4-c4ccccc4)cnc3-c3cccc4oc5ccc6c7ccccc7n(-c7ccccc7)c6c5c34)n2)cc1. The summed E-state index contributed by atoms with van der Waals surface area (Å²) in [6.07, 6.45) is 1.98. The number of fused-ring (bicyclic) bond motifs is 7. The van der Waals surface area contributed by atoms with Crippen LogP contribution in [0.3, 0.4) is 0 Å². The lowest BCUT2D eigenvalue weighted by Gasteiger charge is -2.15. The van der Waals surface area contributed by atoms with E-state index in [2.05, 4.69) is 132 Å². The van der Waals surface area contributed by atoms with Crippen molar-refractivity contribution < 1.29 is 4.42 Å². The minimum Gasteiger partial charge on any atom is -0.456 e. The summed E-state index contributed by atoms with van der Waals surface area (Å²) in [4.78, 5) is 21.0. The Balaban J connectivity index is 1.19. The van der Waals surface area contributed by atoms with Crippen LogP contribution in [0.25, 0.3) is 117 Å². The number of aromatic nitrogens is 5. The Morgan fingerprint density at radius 1 is 0.371 bits per heavy atom. The number of hydrogen-bond donors (Lipinski definition) is 0. The molecular formula is C56H35N5O. The molecule has 12 rings (SSSR count). The molecule has 0 aliphatic heterocycles. The van der Waals surface area contributed by atoms with E-state index in [0.29, 0.717) is 17.5 Å². The standard InChI is InChI=1S/C56H35N5O/c1-5-18-36(19-6-1)41-26-13-14-27-42(41)39-34-46(56-59-54(37-20-7-2-8-21-37)58-55(60-56)38-22-9-3-10-23-38)52(57-35-39)45-29-17-31-48-50(45)51-49(62-48)33-32-44-43-28-15-16-30-47(43)61(53(44)51)40-24-11-4-12-25-40/h1-35H. The maximum atomic E-state index is 6.78. The average Bonchev–Trinajstić information content (AvgIpc) is 3.91. The van der Waals surface area contributed by atoms with E-state index < -0.39 is 0 Å². The van der Waals surface area contributed by atoms with Gasteiger partial charge in [0, 0.05) is 55.9 Å². The topological polar surface area (TPSA) is 69.6 Å². The van der Waals surface area contributed by atoms with Crippen molar-refractivity contribution in [3.63, 3.8) is 0 Å². The fourth-order valence-electron chi connectivity index (χ4n) is 8.93. The molecule has 0 unspecified atom stereocenters. The van der Waals surface area contributed by atoms with Gasteiger partial charge in [-0.15, -0.1) is 0 Å². The van der Waals surface area contributed by atoms with Crippen LogP contribution in [0.2, 0.25) is 0 Å². The van der Waals surface area contributed by atoms with Gasteiger partial charge in [0.25, 0.3) is 0 Å². The van der Waals surface area contributed by atoms with E-state index in [1.165, 1.54) is 5.39 Å². The van der Waals surface area contributed by atoms with Crippen LogP contribution in [-0.2, 0) is 0 Å². The lowest BCUT2D eigenvalue weighted by Crippen LogP contribution is -2.02. The smallest absolute Gasteiger partial charge is 0.166 e. The minimum atomic E-state index is 0.521. The van der Waals surface area contributed by atoms with Gasteiger partial charge in [-0.25, -0.2) is 15.0 Å². The molecule has 0 N–H and O–H groups in total. The summed E-state index contributed by atoms with van der Waals surface area (Å²) in [7, 11) is 0. The molecule has 8 aromatic carbocycles. The van der Waals surface area contributed by atoms with E-state index >= 15 is 0 Å². The maximum absolute atomic E-state index is 6.78. The molecular weight excluding hydrogens is 759 g/mol. The third-order valence-electron chi connectivity index (χ3n) is 11.7. The third-order valence-corrected chi connectivity index (χ3v) is 11.7. The summed E-state index contributed by atoms with van der Waals surface area (Å²) >= 11 is 0. The summed E-state index contributed by atoms with van der Waals surface area (Å²) in [5.74, 6) is 1.68. The molecule has 0 amide bonds. The predicted molar refractivity (Wildman–Crippen MR) is 252 cm³/mol. The van der Waals surface area contributed by atoms with Crippen molar-refractivity contribution in [2.24, 2.45) is 0 Å². The predicted octanol–water partition coefficient (Wildman–Crippen LogP) is 14.3. The van der Waals surface area contributed by atoms with Crippen LogP contribution in [0.5, 0.6) is 0 Å². The lowest BCUT2D eigenvalue weighted by atomic mass is 9.93. The van der Waals surface area contributed by atoms with Crippen molar-refractivity contribution in [3.8, 4) is 73.4 Å². The molecule has 290 valence electrons. The van der Waals surface area contributed by atoms with Gasteiger partial charge in [-0.2, -0.15) is 0 Å². The van der Waals surface area contributed by atoms with Crippen LogP contribution >= 0.6 is 0 Å². The number of rotatable bonds is 7. The van der Waals surface area contributed by atoms with Crippen LogP contribution in [-0.4, -0.2) is 24.5 Å². The highest BCUT2D eigenvalue weighted by atomic mass is 16.3. The van der Waals surface area contributed by atoms with Gasteiger partial charge in [0.2, 0.25) is 0 Å². The van der Waals surface area contributed by atoms with Gasteiger partial charge in [-0.1, -0.05) is 164 Å². The first kappa shape index (κ1) is 35.5. The molecule has 0 aliphatic carbocycles. The van der Waals surface area contributed by atoms with Crippen molar-refractivity contribution in [3.05, 3.63) is 212 Å². The first-order valence-electron chi connectivity index (χ1n) is 20.7. The second-order valence-electron chi connectivity index (χ2n) is 15.4. The number of para-hydroxylation sites is 2. The molecule has 0 fully saturated rings. The van der Waals surface area contributed by atoms with Gasteiger partial charge < -0.3 is 8.98 Å². The zero-order valence-electron chi connectivity index (χ0n) is 33.4. The Kier molecular flexibility index (Phi) is 8.38. The first-order chi connectivity index (χ1) is 30.8. The lowest BCUT2D eigenvalue weighted by molar-refractivity contribution is 0.669. The molecule has 4 aromatic heterocycles. The van der Waals surface area contributed by atoms with Crippen molar-refractivity contribution in [2.75, 3.05) is 0 Å². The Morgan fingerprint density at radius 3 is 1.61 bits per heavy atom. The Labute approximate surface area is 357 Å². The Morgan fingerprint density at radius 2 is 0.919 bits per heavy atom. The monoisotopic (exact) mass is 793 g/mol. The fourth-order valence-corrected chi connectivity index (χ4v) is 8.93. The molecule has 6 heteroatoms. The van der Waals surface area contributed by atoms with Gasteiger partial charge in [-0.05, 0) is 59.2 Å². The first-order valence-corrected chi connectivity index (χ1v) is 20.7. The van der Waals surface area contributed by atoms with Crippen molar-refractivity contribution in [1.29, 1.82) is 0 Å². The summed E-state index contributed by atoms with van der Waals surface area (Å²) in [6, 6.07) is 71.0. The normalized spacial score (nSPS) is 11.5. The molecule has 0 saturated carbocycles. The van der Waals surface area contributed by atoms with Gasteiger partial charge in [0.15, 0.2) is 17.5 Å². The zero-order chi connectivity index (χ0) is 41.0. The maximum Gasteiger partial charge on any atom is 0.166 e. The largest absolute Gasteiger partial charge is 0.456 e. The van der Waals surface area contributed by atoms with Gasteiger partial charge in [0.1, 0.15) is 11.2 Å². The fraction of sp³-hybridized carbons (Fsp3) is 0. The second-order valence-corrected chi connectivity index (χ2v) is 15.4. The van der Waals surface area contributed by atoms with E-state index in [9.17, 15) is 0 Å². The quantitative estimate of drug-likeness (QED) is 0.161. The molecule has 0 aliphatic rings. The molecule has 0 atom stereocenters. The Bertz CT molecular complexity index is 3560. The van der Waals surface area contributed by atoms with Crippen LogP contribution in [0.4, 0.5) is 0 Å². The molecule has 4 heterocycles. The molecule has 12 aromatic rings. The third kappa shape index (κ3) is 5.88. The summed E-state index contributed by atoms with van der Waals surface area (Å²) < 4.78 is 9.15. The minimum absolute atomic E-state index is 0.521. The highest BCUT2D eigenvalue weighted by Crippen LogP contribution is 2.46. The Hall–Kier alpha value is -8.48. The van der Waals surface area contributed by atoms with Crippen LogP contribution in [0.15, 0.2) is 217 Å². The van der Waals surface area contributed by atoms with E-state index in [-0.39, 0.29) is 0 Å². The average molecular weight is 794 g/mol. The summed E-state index contributed by atoms with van der Waals surface area (Å²) in [5.41, 5.74) is 13.3. The number of pyridine rings is 1. The van der Waals surface area contributed by atoms with Crippen molar-refractivity contribution >= 4 is 43.7 Å². The van der Waals surface area contributed by atoms with Crippen LogP contribution in [0.1, 0.15) is 0 Å². The van der Waals surface area contributed by atoms with Crippen LogP contribution in [0, 0.1) is 0 Å². The second kappa shape index (κ2) is 14.7. The molecule has 0 spiro atoms. The van der Waals surface area contributed by atoms with Crippen molar-refractivity contribution in [1.82, 2.24) is 24.5 Å². The molecule has 62 heavy (non-hydrogen) atoms.